The van der Waals surface area contributed by atoms with E-state index in [-0.39, 0.29) is 5.56 Å². The summed E-state index contributed by atoms with van der Waals surface area (Å²) in [5, 5.41) is 8.93. The van der Waals surface area contributed by atoms with Crippen LogP contribution in [0.1, 0.15) is 23.2 Å². The van der Waals surface area contributed by atoms with Crippen LogP contribution in [-0.2, 0) is 0 Å². The van der Waals surface area contributed by atoms with Crippen LogP contribution in [0, 0.1) is 5.92 Å². The third-order valence-electron chi connectivity index (χ3n) is 2.64. The molecule has 1 N–H and O–H groups in total. The lowest BCUT2D eigenvalue weighted by Gasteiger charge is -2.13. The largest absolute Gasteiger partial charge is 0.493 e. The van der Waals surface area contributed by atoms with E-state index < -0.39 is 5.97 Å². The van der Waals surface area contributed by atoms with Crippen LogP contribution in [0.15, 0.2) is 16.6 Å². The van der Waals surface area contributed by atoms with Gasteiger partial charge in [0.15, 0.2) is 11.5 Å². The van der Waals surface area contributed by atoms with Crippen molar-refractivity contribution in [2.24, 2.45) is 5.92 Å². The summed E-state index contributed by atoms with van der Waals surface area (Å²) in [5.74, 6) is 0.658. The normalized spacial score (nSPS) is 14.5. The maximum atomic E-state index is 10.9. The van der Waals surface area contributed by atoms with E-state index in [0.29, 0.717) is 28.5 Å². The molecule has 1 aliphatic rings. The summed E-state index contributed by atoms with van der Waals surface area (Å²) in [5.41, 5.74) is 0.174. The van der Waals surface area contributed by atoms with E-state index in [1.54, 1.807) is 0 Å². The second kappa shape index (κ2) is 4.96. The zero-order chi connectivity index (χ0) is 12.4. The lowest BCUT2D eigenvalue weighted by atomic mass is 10.2. The van der Waals surface area contributed by atoms with E-state index in [0.717, 1.165) is 0 Å². The molecule has 1 aromatic rings. The number of hydrogen-bond acceptors (Lipinski definition) is 3. The number of carboxylic acids is 1. The van der Waals surface area contributed by atoms with Gasteiger partial charge in [-0.15, -0.1) is 0 Å². The summed E-state index contributed by atoms with van der Waals surface area (Å²) >= 11 is 3.31. The number of rotatable bonds is 5. The van der Waals surface area contributed by atoms with Crippen molar-refractivity contribution >= 4 is 21.9 Å². The quantitative estimate of drug-likeness (QED) is 0.908. The Labute approximate surface area is 108 Å². The molecule has 1 saturated carbocycles. The minimum Gasteiger partial charge on any atom is -0.493 e. The van der Waals surface area contributed by atoms with Crippen molar-refractivity contribution in [2.75, 3.05) is 13.7 Å². The zero-order valence-electron chi connectivity index (χ0n) is 9.40. The van der Waals surface area contributed by atoms with E-state index in [1.165, 1.54) is 32.1 Å². The van der Waals surface area contributed by atoms with Gasteiger partial charge in [-0.05, 0) is 46.8 Å². The predicted octanol–water partition coefficient (Wildman–Crippen LogP) is 2.94. The number of aromatic carboxylic acids is 1. The molecule has 0 aromatic heterocycles. The molecule has 0 saturated heterocycles. The number of hydrogen-bond donors (Lipinski definition) is 1. The summed E-state index contributed by atoms with van der Waals surface area (Å²) in [4.78, 5) is 10.9. The molecule has 1 fully saturated rings. The average molecular weight is 301 g/mol. The molecule has 0 heterocycles. The van der Waals surface area contributed by atoms with Crippen LogP contribution in [-0.4, -0.2) is 24.8 Å². The highest BCUT2D eigenvalue weighted by Gasteiger charge is 2.23. The van der Waals surface area contributed by atoms with Crippen molar-refractivity contribution in [3.05, 3.63) is 22.2 Å². The number of benzene rings is 1. The highest BCUT2D eigenvalue weighted by atomic mass is 79.9. The highest BCUT2D eigenvalue weighted by Crippen LogP contribution is 2.38. The van der Waals surface area contributed by atoms with Crippen molar-refractivity contribution in [1.29, 1.82) is 0 Å². The lowest BCUT2D eigenvalue weighted by Crippen LogP contribution is -2.04. The Kier molecular flexibility index (Phi) is 3.57. The van der Waals surface area contributed by atoms with Crippen LogP contribution >= 0.6 is 15.9 Å². The zero-order valence-corrected chi connectivity index (χ0v) is 11.0. The standard InChI is InChI=1S/C12H13BrO4/c1-16-10-5-8(12(14)15)4-9(13)11(10)17-6-7-2-3-7/h4-5,7H,2-3,6H2,1H3,(H,14,15). The second-order valence-corrected chi connectivity index (χ2v) is 4.90. The van der Waals surface area contributed by atoms with Crippen molar-refractivity contribution in [3.8, 4) is 11.5 Å². The van der Waals surface area contributed by atoms with Crippen LogP contribution in [0.2, 0.25) is 0 Å². The molecule has 5 heteroatoms. The molecule has 1 aromatic carbocycles. The molecule has 0 aliphatic heterocycles. The first kappa shape index (κ1) is 12.2. The van der Waals surface area contributed by atoms with Gasteiger partial charge in [-0.2, -0.15) is 0 Å². The molecule has 0 atom stereocenters. The molecule has 0 amide bonds. The number of carboxylic acid groups (broad SMARTS) is 1. The van der Waals surface area contributed by atoms with E-state index in [4.69, 9.17) is 14.6 Å². The van der Waals surface area contributed by atoms with E-state index in [9.17, 15) is 4.79 Å². The fraction of sp³-hybridized carbons (Fsp3) is 0.417. The minimum atomic E-state index is -0.988. The van der Waals surface area contributed by atoms with Gasteiger partial charge in [0.05, 0.1) is 23.8 Å². The molecular formula is C12H13BrO4. The molecule has 0 spiro atoms. The van der Waals surface area contributed by atoms with Crippen LogP contribution in [0.4, 0.5) is 0 Å². The Morgan fingerprint density at radius 1 is 1.53 bits per heavy atom. The lowest BCUT2D eigenvalue weighted by molar-refractivity contribution is 0.0696. The van der Waals surface area contributed by atoms with E-state index in [1.807, 2.05) is 0 Å². The van der Waals surface area contributed by atoms with E-state index in [2.05, 4.69) is 15.9 Å². The number of carbonyl (C=O) groups is 1. The van der Waals surface area contributed by atoms with Gasteiger partial charge in [-0.25, -0.2) is 4.79 Å². The Balaban J connectivity index is 2.25. The number of ether oxygens (including phenoxy) is 2. The van der Waals surface area contributed by atoms with Gasteiger partial charge in [0.25, 0.3) is 0 Å². The predicted molar refractivity (Wildman–Crippen MR) is 65.9 cm³/mol. The van der Waals surface area contributed by atoms with Crippen LogP contribution in [0.5, 0.6) is 11.5 Å². The number of methoxy groups -OCH3 is 1. The first-order valence-corrected chi connectivity index (χ1v) is 6.14. The van der Waals surface area contributed by atoms with Crippen molar-refractivity contribution in [3.63, 3.8) is 0 Å². The molecule has 92 valence electrons. The molecule has 0 unspecified atom stereocenters. The number of halogens is 1. The molecular weight excluding hydrogens is 288 g/mol. The van der Waals surface area contributed by atoms with Crippen LogP contribution < -0.4 is 9.47 Å². The summed E-state index contributed by atoms with van der Waals surface area (Å²) in [6.45, 7) is 0.654. The molecule has 17 heavy (non-hydrogen) atoms. The topological polar surface area (TPSA) is 55.8 Å². The Hall–Kier alpha value is -1.23. The monoisotopic (exact) mass is 300 g/mol. The molecule has 0 bridgehead atoms. The van der Waals surface area contributed by atoms with Gasteiger partial charge < -0.3 is 14.6 Å². The summed E-state index contributed by atoms with van der Waals surface area (Å²) in [6, 6.07) is 2.99. The molecule has 4 nitrogen and oxygen atoms in total. The Morgan fingerprint density at radius 2 is 2.24 bits per heavy atom. The van der Waals surface area contributed by atoms with Gasteiger partial charge in [0, 0.05) is 0 Å². The van der Waals surface area contributed by atoms with Gasteiger partial charge in [-0.3, -0.25) is 0 Å². The Bertz CT molecular complexity index is 440. The summed E-state index contributed by atoms with van der Waals surface area (Å²) in [7, 11) is 1.50. The van der Waals surface area contributed by atoms with Crippen molar-refractivity contribution in [1.82, 2.24) is 0 Å². The van der Waals surface area contributed by atoms with Gasteiger partial charge in [0.2, 0.25) is 0 Å². The molecule has 2 rings (SSSR count). The third-order valence-corrected chi connectivity index (χ3v) is 3.23. The van der Waals surface area contributed by atoms with E-state index >= 15 is 0 Å². The second-order valence-electron chi connectivity index (χ2n) is 4.05. The summed E-state index contributed by atoms with van der Waals surface area (Å²) in [6.07, 6.45) is 2.40. The molecule has 1 aliphatic carbocycles. The first-order valence-electron chi connectivity index (χ1n) is 5.35. The average Bonchev–Trinajstić information content (AvgIpc) is 3.10. The fourth-order valence-corrected chi connectivity index (χ4v) is 2.03. The molecule has 0 radical (unpaired) electrons. The van der Waals surface area contributed by atoms with Gasteiger partial charge in [0.1, 0.15) is 0 Å². The first-order chi connectivity index (χ1) is 8.11. The van der Waals surface area contributed by atoms with Crippen LogP contribution in [0.25, 0.3) is 0 Å². The van der Waals surface area contributed by atoms with Gasteiger partial charge >= 0.3 is 5.97 Å². The summed E-state index contributed by atoms with van der Waals surface area (Å²) < 4.78 is 11.4. The van der Waals surface area contributed by atoms with Gasteiger partial charge in [-0.1, -0.05) is 0 Å². The highest BCUT2D eigenvalue weighted by molar-refractivity contribution is 9.10. The van der Waals surface area contributed by atoms with Crippen molar-refractivity contribution in [2.45, 2.75) is 12.8 Å². The van der Waals surface area contributed by atoms with Crippen LogP contribution in [0.3, 0.4) is 0 Å². The maximum absolute atomic E-state index is 10.9. The minimum absolute atomic E-state index is 0.174. The third kappa shape index (κ3) is 2.91. The SMILES string of the molecule is COc1cc(C(=O)O)cc(Br)c1OCC1CC1. The smallest absolute Gasteiger partial charge is 0.335 e. The van der Waals surface area contributed by atoms with Crippen molar-refractivity contribution < 1.29 is 19.4 Å². The Morgan fingerprint density at radius 3 is 2.76 bits per heavy atom. The fourth-order valence-electron chi connectivity index (χ4n) is 1.47. The maximum Gasteiger partial charge on any atom is 0.335 e.